The molecule has 36 heavy (non-hydrogen) atoms. The van der Waals surface area contributed by atoms with Crippen molar-refractivity contribution < 1.29 is 40.2 Å². The molecule has 13 heteroatoms. The fourth-order valence-electron chi connectivity index (χ4n) is 3.53. The summed E-state index contributed by atoms with van der Waals surface area (Å²) in [5, 5.41) is 0.357. The highest BCUT2D eigenvalue weighted by molar-refractivity contribution is 7.92. The van der Waals surface area contributed by atoms with Crippen molar-refractivity contribution in [1.29, 1.82) is 0 Å². The number of ether oxygens (including phenoxy) is 2. The summed E-state index contributed by atoms with van der Waals surface area (Å²) >= 11 is 0. The Morgan fingerprint density at radius 1 is 0.972 bits per heavy atom. The molecule has 0 radical (unpaired) electrons. The number of carbonyl (C=O) groups excluding carboxylic acids is 1. The molecular weight excluding hydrogens is 506 g/mol. The van der Waals surface area contributed by atoms with Crippen LogP contribution in [0.3, 0.4) is 0 Å². The molecule has 2 heterocycles. The Hall–Kier alpha value is -4.13. The molecule has 0 aliphatic rings. The highest BCUT2D eigenvalue weighted by atomic mass is 32.2. The van der Waals surface area contributed by atoms with Gasteiger partial charge in [-0.25, -0.2) is 13.4 Å². The Balaban J connectivity index is 1.74. The second-order valence-electron chi connectivity index (χ2n) is 7.56. The lowest BCUT2D eigenvalue weighted by Crippen LogP contribution is -2.09. The summed E-state index contributed by atoms with van der Waals surface area (Å²) in [5.41, 5.74) is 1.65. The third-order valence-electron chi connectivity index (χ3n) is 4.87. The maximum Gasteiger partial charge on any atom is 0.387 e. The Morgan fingerprint density at radius 2 is 1.64 bits per heavy atom. The maximum atomic E-state index is 13.2. The zero-order valence-electron chi connectivity index (χ0n) is 18.3. The van der Waals surface area contributed by atoms with Crippen LogP contribution in [0.2, 0.25) is 0 Å². The van der Waals surface area contributed by atoms with E-state index in [0.29, 0.717) is 27.8 Å². The van der Waals surface area contributed by atoms with Crippen LogP contribution in [0.4, 0.5) is 23.2 Å². The van der Waals surface area contributed by atoms with Crippen LogP contribution in [0.25, 0.3) is 22.2 Å². The minimum atomic E-state index is -3.50. The third-order valence-corrected chi connectivity index (χ3v) is 5.47. The van der Waals surface area contributed by atoms with Crippen molar-refractivity contribution in [2.45, 2.75) is 13.2 Å². The van der Waals surface area contributed by atoms with E-state index in [9.17, 15) is 30.8 Å². The van der Waals surface area contributed by atoms with E-state index < -0.39 is 40.5 Å². The van der Waals surface area contributed by atoms with Crippen molar-refractivity contribution in [1.82, 2.24) is 9.97 Å². The first-order valence-corrected chi connectivity index (χ1v) is 12.0. The van der Waals surface area contributed by atoms with Crippen molar-refractivity contribution in [3.8, 4) is 22.6 Å². The molecule has 0 unspecified atom stereocenters. The molecule has 4 aromatic rings. The van der Waals surface area contributed by atoms with Crippen molar-refractivity contribution >= 4 is 32.5 Å². The molecule has 0 saturated heterocycles. The zero-order chi connectivity index (χ0) is 26.0. The van der Waals surface area contributed by atoms with Gasteiger partial charge < -0.3 is 14.5 Å². The number of aromatic nitrogens is 2. The van der Waals surface area contributed by atoms with Crippen LogP contribution in [0.1, 0.15) is 15.9 Å². The van der Waals surface area contributed by atoms with Gasteiger partial charge in [0.15, 0.2) is 5.78 Å². The van der Waals surface area contributed by atoms with E-state index in [4.69, 9.17) is 0 Å². The van der Waals surface area contributed by atoms with Crippen LogP contribution in [0, 0.1) is 0 Å². The third kappa shape index (κ3) is 5.92. The van der Waals surface area contributed by atoms with Gasteiger partial charge in [-0.1, -0.05) is 12.1 Å². The number of sulfonamides is 1. The van der Waals surface area contributed by atoms with Gasteiger partial charge in [0, 0.05) is 46.2 Å². The van der Waals surface area contributed by atoms with E-state index in [1.807, 2.05) is 0 Å². The zero-order valence-corrected chi connectivity index (χ0v) is 19.2. The molecule has 0 spiro atoms. The fraction of sp³-hybridized carbons (Fsp3) is 0.130. The molecule has 2 aromatic carbocycles. The highest BCUT2D eigenvalue weighted by Crippen LogP contribution is 2.31. The number of pyridine rings is 1. The summed E-state index contributed by atoms with van der Waals surface area (Å²) in [6, 6.07) is 10.9. The first kappa shape index (κ1) is 25.0. The topological polar surface area (TPSA) is 110 Å². The van der Waals surface area contributed by atoms with Gasteiger partial charge in [-0.3, -0.25) is 9.52 Å². The molecule has 0 fully saturated rings. The number of aromatic amines is 1. The average Bonchev–Trinajstić information content (AvgIpc) is 3.19. The number of halogens is 4. The molecule has 4 rings (SSSR count). The van der Waals surface area contributed by atoms with Gasteiger partial charge in [0.05, 0.1) is 6.26 Å². The summed E-state index contributed by atoms with van der Waals surface area (Å²) in [6.45, 7) is -6.50. The molecule has 2 N–H and O–H groups in total. The Kier molecular flexibility index (Phi) is 6.84. The van der Waals surface area contributed by atoms with E-state index >= 15 is 0 Å². The molecule has 0 amide bonds. The van der Waals surface area contributed by atoms with E-state index in [2.05, 4.69) is 24.2 Å². The summed E-state index contributed by atoms with van der Waals surface area (Å²) in [4.78, 5) is 20.4. The molecule has 8 nitrogen and oxygen atoms in total. The minimum absolute atomic E-state index is 0.0851. The Labute approximate surface area is 201 Å². The van der Waals surface area contributed by atoms with Crippen LogP contribution in [0.15, 0.2) is 60.9 Å². The summed E-state index contributed by atoms with van der Waals surface area (Å²) < 4.78 is 84.8. The first-order chi connectivity index (χ1) is 17.0. The maximum absolute atomic E-state index is 13.2. The van der Waals surface area contributed by atoms with Crippen molar-refractivity contribution in [3.05, 3.63) is 72.1 Å². The SMILES string of the molecule is CS(=O)(=O)Nc1cccc(-c2cnc3[nH]cc(C(=O)c4cc(OC(F)F)cc(OC(F)F)c4)c3c2)c1. The quantitative estimate of drug-likeness (QED) is 0.235. The Morgan fingerprint density at radius 3 is 2.25 bits per heavy atom. The molecule has 0 aliphatic carbocycles. The number of hydrogen-bond acceptors (Lipinski definition) is 6. The van der Waals surface area contributed by atoms with Crippen LogP contribution in [-0.2, 0) is 10.0 Å². The van der Waals surface area contributed by atoms with E-state index in [0.717, 1.165) is 24.5 Å². The smallest absolute Gasteiger partial charge is 0.387 e. The van der Waals surface area contributed by atoms with Crippen LogP contribution in [-0.4, -0.2) is 43.6 Å². The Bertz CT molecular complexity index is 1510. The standard InChI is InChI=1S/C23H17F4N3O5S/c1-36(32,33)30-15-4-2-3-12(5-15)14-8-18-19(11-29-21(18)28-10-14)20(31)13-6-16(34-22(24)25)9-17(7-13)35-23(26)27/h2-11,22-23,30H,1H3,(H,28,29). The normalized spacial score (nSPS) is 11.8. The van der Waals surface area contributed by atoms with Gasteiger partial charge in [0.2, 0.25) is 10.0 Å². The monoisotopic (exact) mass is 523 g/mol. The van der Waals surface area contributed by atoms with Gasteiger partial charge in [-0.15, -0.1) is 0 Å². The molecule has 0 bridgehead atoms. The van der Waals surface area contributed by atoms with Crippen LogP contribution in [0.5, 0.6) is 11.5 Å². The van der Waals surface area contributed by atoms with Crippen LogP contribution >= 0.6 is 0 Å². The summed E-state index contributed by atoms with van der Waals surface area (Å²) in [5.74, 6) is -1.74. The summed E-state index contributed by atoms with van der Waals surface area (Å²) in [7, 11) is -3.50. The lowest BCUT2D eigenvalue weighted by molar-refractivity contribution is -0.0543. The molecule has 0 aliphatic heterocycles. The number of nitrogens with zero attached hydrogens (tertiary/aromatic N) is 1. The largest absolute Gasteiger partial charge is 0.435 e. The van der Waals surface area contributed by atoms with Crippen molar-refractivity contribution in [2.24, 2.45) is 0 Å². The number of rotatable bonds is 9. The van der Waals surface area contributed by atoms with Gasteiger partial charge in [-0.05, 0) is 35.9 Å². The molecular formula is C23H17F4N3O5S. The number of alkyl halides is 4. The first-order valence-electron chi connectivity index (χ1n) is 10.1. The van der Waals surface area contributed by atoms with E-state index in [1.165, 1.54) is 12.4 Å². The number of fused-ring (bicyclic) bond motifs is 1. The number of ketones is 1. The molecule has 2 aromatic heterocycles. The number of anilines is 1. The number of hydrogen-bond donors (Lipinski definition) is 2. The lowest BCUT2D eigenvalue weighted by Gasteiger charge is -2.11. The van der Waals surface area contributed by atoms with Crippen LogP contribution < -0.4 is 14.2 Å². The van der Waals surface area contributed by atoms with Gasteiger partial charge in [0.1, 0.15) is 17.1 Å². The summed E-state index contributed by atoms with van der Waals surface area (Å²) in [6.07, 6.45) is 3.88. The number of carbonyl (C=O) groups is 1. The predicted molar refractivity (Wildman–Crippen MR) is 123 cm³/mol. The van der Waals surface area contributed by atoms with E-state index in [1.54, 1.807) is 30.3 Å². The minimum Gasteiger partial charge on any atom is -0.435 e. The molecule has 0 atom stereocenters. The number of nitrogens with one attached hydrogen (secondary N) is 2. The number of H-pyrrole nitrogens is 1. The second-order valence-corrected chi connectivity index (χ2v) is 9.31. The fourth-order valence-corrected chi connectivity index (χ4v) is 4.08. The predicted octanol–water partition coefficient (Wildman–Crippen LogP) is 5.04. The van der Waals surface area contributed by atoms with Gasteiger partial charge in [0.25, 0.3) is 0 Å². The highest BCUT2D eigenvalue weighted by Gasteiger charge is 2.20. The lowest BCUT2D eigenvalue weighted by atomic mass is 10.0. The average molecular weight is 523 g/mol. The molecule has 188 valence electrons. The van der Waals surface area contributed by atoms with Gasteiger partial charge >= 0.3 is 13.2 Å². The number of benzene rings is 2. The van der Waals surface area contributed by atoms with Crippen molar-refractivity contribution in [3.63, 3.8) is 0 Å². The van der Waals surface area contributed by atoms with E-state index in [-0.39, 0.29) is 11.1 Å². The van der Waals surface area contributed by atoms with Crippen molar-refractivity contribution in [2.75, 3.05) is 11.0 Å². The molecule has 0 saturated carbocycles. The van der Waals surface area contributed by atoms with Gasteiger partial charge in [-0.2, -0.15) is 17.6 Å². The second kappa shape index (κ2) is 9.85.